The molecule has 1 atom stereocenters. The third kappa shape index (κ3) is 3.30. The lowest BCUT2D eigenvalue weighted by Crippen LogP contribution is -2.56. The lowest BCUT2D eigenvalue weighted by molar-refractivity contribution is -0.143. The van der Waals surface area contributed by atoms with Crippen LogP contribution in [0.3, 0.4) is 0 Å². The van der Waals surface area contributed by atoms with Gasteiger partial charge in [0.05, 0.1) is 0 Å². The van der Waals surface area contributed by atoms with E-state index in [9.17, 15) is 4.79 Å². The van der Waals surface area contributed by atoms with Gasteiger partial charge in [-0.3, -0.25) is 4.98 Å². The van der Waals surface area contributed by atoms with E-state index in [0.29, 0.717) is 18.8 Å². The lowest BCUT2D eigenvalue weighted by atomic mass is 9.83. The molecule has 19 heavy (non-hydrogen) atoms. The van der Waals surface area contributed by atoms with Crippen molar-refractivity contribution in [2.24, 2.45) is 11.5 Å². The molecule has 1 unspecified atom stereocenters. The van der Waals surface area contributed by atoms with Crippen molar-refractivity contribution in [3.8, 4) is 0 Å². The molecule has 104 valence electrons. The summed E-state index contributed by atoms with van der Waals surface area (Å²) >= 11 is 0. The van der Waals surface area contributed by atoms with Crippen molar-refractivity contribution in [2.45, 2.75) is 50.1 Å². The van der Waals surface area contributed by atoms with Crippen LogP contribution in [0.4, 0.5) is 0 Å². The summed E-state index contributed by atoms with van der Waals surface area (Å²) in [4.78, 5) is 15.3. The maximum absolute atomic E-state index is 10.8. The number of aryl methyl sites for hydroxylation is 1. The molecule has 0 spiro atoms. The average Bonchev–Trinajstić information content (AvgIpc) is 2.38. The van der Waals surface area contributed by atoms with Crippen LogP contribution in [0.5, 0.6) is 0 Å². The van der Waals surface area contributed by atoms with Crippen molar-refractivity contribution in [2.75, 3.05) is 0 Å². The summed E-state index contributed by atoms with van der Waals surface area (Å²) in [6.45, 7) is 0. The van der Waals surface area contributed by atoms with Crippen molar-refractivity contribution >= 4 is 5.97 Å². The Balaban J connectivity index is 1.93. The number of pyridine rings is 1. The number of carboxylic acids is 1. The molecular formula is C14H21N3O2. The Morgan fingerprint density at radius 1 is 1.53 bits per heavy atom. The van der Waals surface area contributed by atoms with Crippen LogP contribution in [-0.4, -0.2) is 21.7 Å². The second kappa shape index (κ2) is 5.67. The second-order valence-electron chi connectivity index (χ2n) is 5.37. The maximum Gasteiger partial charge on any atom is 0.338 e. The largest absolute Gasteiger partial charge is 0.479 e. The van der Waals surface area contributed by atoms with Crippen LogP contribution in [-0.2, 0) is 11.2 Å². The molecule has 2 rings (SSSR count). The van der Waals surface area contributed by atoms with Gasteiger partial charge < -0.3 is 16.6 Å². The number of aliphatic carboxylic acids is 1. The molecule has 5 N–H and O–H groups in total. The number of hydrogen-bond donors (Lipinski definition) is 3. The van der Waals surface area contributed by atoms with Gasteiger partial charge in [0.2, 0.25) is 0 Å². The van der Waals surface area contributed by atoms with E-state index in [1.165, 1.54) is 17.7 Å². The van der Waals surface area contributed by atoms with Crippen molar-refractivity contribution < 1.29 is 9.90 Å². The molecule has 0 fully saturated rings. The van der Waals surface area contributed by atoms with Gasteiger partial charge in [-0.1, -0.05) is 6.07 Å². The summed E-state index contributed by atoms with van der Waals surface area (Å²) in [5, 5.41) is 8.87. The molecule has 0 aromatic carbocycles. The van der Waals surface area contributed by atoms with Gasteiger partial charge in [-0.2, -0.15) is 0 Å². The molecule has 0 bridgehead atoms. The van der Waals surface area contributed by atoms with Gasteiger partial charge in [0.25, 0.3) is 0 Å². The Morgan fingerprint density at radius 3 is 3.05 bits per heavy atom. The summed E-state index contributed by atoms with van der Waals surface area (Å²) in [6.07, 6.45) is 7.09. The normalized spacial score (nSPS) is 18.9. The van der Waals surface area contributed by atoms with E-state index in [4.69, 9.17) is 16.6 Å². The van der Waals surface area contributed by atoms with Gasteiger partial charge in [-0.15, -0.1) is 0 Å². The first-order chi connectivity index (χ1) is 9.00. The van der Waals surface area contributed by atoms with Gasteiger partial charge in [-0.25, -0.2) is 4.79 Å². The van der Waals surface area contributed by atoms with E-state index in [2.05, 4.69) is 11.1 Å². The first-order valence-corrected chi connectivity index (χ1v) is 6.75. The number of nitrogens with zero attached hydrogens (tertiary/aromatic N) is 1. The van der Waals surface area contributed by atoms with Crippen LogP contribution in [0.2, 0.25) is 0 Å². The minimum absolute atomic E-state index is 0.293. The highest BCUT2D eigenvalue weighted by Gasteiger charge is 2.29. The number of carbonyl (C=O) groups is 1. The average molecular weight is 263 g/mol. The predicted octanol–water partition coefficient (Wildman–Crippen LogP) is 1.37. The zero-order chi connectivity index (χ0) is 13.9. The zero-order valence-corrected chi connectivity index (χ0v) is 11.0. The molecule has 0 amide bonds. The van der Waals surface area contributed by atoms with Crippen LogP contribution in [0.15, 0.2) is 18.3 Å². The number of nitrogens with two attached hydrogens (primary N) is 2. The van der Waals surface area contributed by atoms with Gasteiger partial charge in [-0.05, 0) is 50.2 Å². The summed E-state index contributed by atoms with van der Waals surface area (Å²) < 4.78 is 0. The fourth-order valence-electron chi connectivity index (χ4n) is 2.73. The topological polar surface area (TPSA) is 102 Å². The number of hydrogen-bond acceptors (Lipinski definition) is 4. The first kappa shape index (κ1) is 14.0. The van der Waals surface area contributed by atoms with E-state index in [1.54, 1.807) is 0 Å². The molecule has 1 aromatic heterocycles. The SMILES string of the molecule is NC(N)(CCCC1CCCc2cccnc21)C(=O)O. The van der Waals surface area contributed by atoms with Gasteiger partial charge >= 0.3 is 5.97 Å². The highest BCUT2D eigenvalue weighted by molar-refractivity contribution is 5.77. The Labute approximate surface area is 113 Å². The van der Waals surface area contributed by atoms with Crippen molar-refractivity contribution in [1.29, 1.82) is 0 Å². The van der Waals surface area contributed by atoms with E-state index in [-0.39, 0.29) is 0 Å². The second-order valence-corrected chi connectivity index (χ2v) is 5.37. The van der Waals surface area contributed by atoms with Gasteiger partial charge in [0, 0.05) is 17.8 Å². The number of carboxylic acid groups (broad SMARTS) is 1. The van der Waals surface area contributed by atoms with Crippen molar-refractivity contribution in [1.82, 2.24) is 4.98 Å². The Morgan fingerprint density at radius 2 is 2.32 bits per heavy atom. The standard InChI is InChI=1S/C14H21N3O2/c15-14(16,13(18)19)8-2-6-10-4-1-5-11-7-3-9-17-12(10)11/h3,7,9-10H,1-2,4-6,8,15-16H2,(H,18,19). The number of fused-ring (bicyclic) bond motifs is 1. The van der Waals surface area contributed by atoms with Crippen LogP contribution in [0, 0.1) is 0 Å². The van der Waals surface area contributed by atoms with Crippen molar-refractivity contribution in [3.63, 3.8) is 0 Å². The fourth-order valence-corrected chi connectivity index (χ4v) is 2.73. The molecule has 1 heterocycles. The van der Waals surface area contributed by atoms with Crippen molar-refractivity contribution in [3.05, 3.63) is 29.6 Å². The Hall–Kier alpha value is -1.46. The monoisotopic (exact) mass is 263 g/mol. The number of aromatic nitrogens is 1. The zero-order valence-electron chi connectivity index (χ0n) is 11.0. The molecule has 1 aromatic rings. The van der Waals surface area contributed by atoms with E-state index in [1.807, 2.05) is 12.3 Å². The molecule has 0 aliphatic heterocycles. The van der Waals surface area contributed by atoms with E-state index < -0.39 is 11.6 Å². The highest BCUT2D eigenvalue weighted by Crippen LogP contribution is 2.33. The highest BCUT2D eigenvalue weighted by atomic mass is 16.4. The minimum atomic E-state index is -1.61. The predicted molar refractivity (Wildman–Crippen MR) is 72.5 cm³/mol. The van der Waals surface area contributed by atoms with Crippen LogP contribution >= 0.6 is 0 Å². The first-order valence-electron chi connectivity index (χ1n) is 6.75. The third-order valence-electron chi connectivity index (χ3n) is 3.85. The van der Waals surface area contributed by atoms with Crippen LogP contribution in [0.1, 0.15) is 49.3 Å². The van der Waals surface area contributed by atoms with Crippen LogP contribution in [0.25, 0.3) is 0 Å². The molecule has 1 aliphatic rings. The molecule has 0 saturated carbocycles. The van der Waals surface area contributed by atoms with E-state index in [0.717, 1.165) is 19.3 Å². The molecule has 5 heteroatoms. The van der Waals surface area contributed by atoms with Crippen LogP contribution < -0.4 is 11.5 Å². The molecule has 0 radical (unpaired) electrons. The maximum atomic E-state index is 10.8. The Kier molecular flexibility index (Phi) is 4.17. The lowest BCUT2D eigenvalue weighted by Gasteiger charge is -2.25. The molecule has 1 aliphatic carbocycles. The fraction of sp³-hybridized carbons (Fsp3) is 0.571. The Bertz CT molecular complexity index is 460. The quantitative estimate of drug-likeness (QED) is 0.696. The molecule has 0 saturated heterocycles. The summed E-state index contributed by atoms with van der Waals surface area (Å²) in [6, 6.07) is 4.10. The van der Waals surface area contributed by atoms with E-state index >= 15 is 0 Å². The molecular weight excluding hydrogens is 242 g/mol. The van der Waals surface area contributed by atoms with Gasteiger partial charge in [0.15, 0.2) is 5.66 Å². The van der Waals surface area contributed by atoms with Gasteiger partial charge in [0.1, 0.15) is 0 Å². The molecule has 5 nitrogen and oxygen atoms in total. The summed E-state index contributed by atoms with van der Waals surface area (Å²) in [7, 11) is 0. The smallest absolute Gasteiger partial charge is 0.338 e. The third-order valence-corrected chi connectivity index (χ3v) is 3.85. The summed E-state index contributed by atoms with van der Waals surface area (Å²) in [5.74, 6) is -0.732. The summed E-state index contributed by atoms with van der Waals surface area (Å²) in [5.41, 5.74) is 11.9. The minimum Gasteiger partial charge on any atom is -0.479 e. The number of rotatable bonds is 5.